The number of rotatable bonds is 8. The zero-order valence-electron chi connectivity index (χ0n) is 20.1. The van der Waals surface area contributed by atoms with Gasteiger partial charge in [-0.15, -0.1) is 0 Å². The molecule has 0 radical (unpaired) electrons. The lowest BCUT2D eigenvalue weighted by Gasteiger charge is -2.11. The van der Waals surface area contributed by atoms with Crippen molar-refractivity contribution in [2.24, 2.45) is 5.73 Å². The van der Waals surface area contributed by atoms with Crippen LogP contribution in [0, 0.1) is 5.41 Å². The summed E-state index contributed by atoms with van der Waals surface area (Å²) in [6.45, 7) is 1.32. The van der Waals surface area contributed by atoms with Crippen LogP contribution in [-0.4, -0.2) is 42.8 Å². The number of carbonyl (C=O) groups is 3. The molecule has 0 aliphatic heterocycles. The second-order valence-electron chi connectivity index (χ2n) is 7.76. The topological polar surface area (TPSA) is 174 Å². The lowest BCUT2D eigenvalue weighted by Crippen LogP contribution is -2.15. The summed E-state index contributed by atoms with van der Waals surface area (Å²) in [6, 6.07) is 19.9. The van der Waals surface area contributed by atoms with Crippen LogP contribution in [0.3, 0.4) is 0 Å². The standard InChI is InChI=1S/C25H22N2O5.CH4O3S/c1-16(28)31-20-11-7-17(8-12-20)9-14-23(29)32-22-13-10-19(25(26)27)15-21(22)24(30)18-5-3-2-4-6-18;1-5(2,3)4/h2-8,10-13,15H,9,14H2,1H3,(H3,26,27);1H3,(H,2,3,4). The molecule has 194 valence electrons. The Hall–Kier alpha value is -4.35. The fourth-order valence-electron chi connectivity index (χ4n) is 3.02. The molecule has 3 aromatic rings. The highest BCUT2D eigenvalue weighted by Gasteiger charge is 2.18. The highest BCUT2D eigenvalue weighted by Crippen LogP contribution is 2.24. The fraction of sp³-hybridized carbons (Fsp3) is 0.154. The van der Waals surface area contributed by atoms with Crippen molar-refractivity contribution in [3.05, 3.63) is 95.1 Å². The van der Waals surface area contributed by atoms with Gasteiger partial charge in [0.05, 0.1) is 11.8 Å². The Labute approximate surface area is 214 Å². The molecule has 0 spiro atoms. The summed E-state index contributed by atoms with van der Waals surface area (Å²) >= 11 is 0. The van der Waals surface area contributed by atoms with Crippen molar-refractivity contribution in [2.75, 3.05) is 6.26 Å². The van der Waals surface area contributed by atoms with E-state index in [4.69, 9.17) is 25.2 Å². The molecule has 0 fully saturated rings. The molecule has 0 amide bonds. The van der Waals surface area contributed by atoms with E-state index in [-0.39, 0.29) is 29.4 Å². The minimum Gasteiger partial charge on any atom is -0.427 e. The Balaban J connectivity index is 0.000000877. The van der Waals surface area contributed by atoms with Crippen molar-refractivity contribution in [1.82, 2.24) is 0 Å². The molecule has 0 aromatic heterocycles. The van der Waals surface area contributed by atoms with Crippen molar-refractivity contribution in [2.45, 2.75) is 19.8 Å². The van der Waals surface area contributed by atoms with Crippen LogP contribution in [-0.2, 0) is 26.1 Å². The fourth-order valence-corrected chi connectivity index (χ4v) is 3.02. The number of amidine groups is 1. The first-order valence-electron chi connectivity index (χ1n) is 10.8. The predicted octanol–water partition coefficient (Wildman–Crippen LogP) is 3.17. The van der Waals surface area contributed by atoms with Crippen LogP contribution in [0.4, 0.5) is 0 Å². The third kappa shape index (κ3) is 10.4. The molecule has 3 aromatic carbocycles. The smallest absolute Gasteiger partial charge is 0.311 e. The van der Waals surface area contributed by atoms with Gasteiger partial charge in [-0.3, -0.25) is 24.3 Å². The van der Waals surface area contributed by atoms with Crippen LogP contribution in [0.25, 0.3) is 0 Å². The zero-order chi connectivity index (χ0) is 27.6. The van der Waals surface area contributed by atoms with Crippen molar-refractivity contribution < 1.29 is 36.8 Å². The van der Waals surface area contributed by atoms with Gasteiger partial charge in [0.1, 0.15) is 17.3 Å². The van der Waals surface area contributed by atoms with Crippen molar-refractivity contribution in [3.8, 4) is 11.5 Å². The number of nitrogen functional groups attached to an aromatic ring is 1. The van der Waals surface area contributed by atoms with E-state index in [2.05, 4.69) is 0 Å². The van der Waals surface area contributed by atoms with Gasteiger partial charge in [-0.1, -0.05) is 42.5 Å². The zero-order valence-corrected chi connectivity index (χ0v) is 20.9. The lowest BCUT2D eigenvalue weighted by molar-refractivity contribution is -0.134. The molecule has 0 heterocycles. The summed E-state index contributed by atoms with van der Waals surface area (Å²) in [6.07, 6.45) is 1.21. The molecular formula is C26H26N2O8S. The first-order valence-corrected chi connectivity index (χ1v) is 12.7. The maximum absolute atomic E-state index is 13.0. The summed E-state index contributed by atoms with van der Waals surface area (Å²) in [7, 11) is -3.67. The van der Waals surface area contributed by atoms with Gasteiger partial charge in [-0.25, -0.2) is 0 Å². The quantitative estimate of drug-likeness (QED) is 0.0994. The highest BCUT2D eigenvalue weighted by atomic mass is 32.2. The predicted molar refractivity (Wildman–Crippen MR) is 137 cm³/mol. The van der Waals surface area contributed by atoms with Crippen LogP contribution < -0.4 is 15.2 Å². The Kier molecular flexibility index (Phi) is 10.2. The van der Waals surface area contributed by atoms with E-state index in [0.717, 1.165) is 5.56 Å². The number of esters is 2. The van der Waals surface area contributed by atoms with Crippen LogP contribution in [0.1, 0.15) is 40.4 Å². The summed E-state index contributed by atoms with van der Waals surface area (Å²) < 4.78 is 36.3. The number of aryl methyl sites for hydroxylation is 1. The van der Waals surface area contributed by atoms with Crippen LogP contribution in [0.2, 0.25) is 0 Å². The van der Waals surface area contributed by atoms with Gasteiger partial charge in [-0.2, -0.15) is 8.42 Å². The molecule has 0 atom stereocenters. The molecule has 3 rings (SSSR count). The van der Waals surface area contributed by atoms with E-state index in [1.54, 1.807) is 54.6 Å². The highest BCUT2D eigenvalue weighted by molar-refractivity contribution is 7.85. The van der Waals surface area contributed by atoms with E-state index in [1.165, 1.54) is 25.1 Å². The van der Waals surface area contributed by atoms with Crippen LogP contribution >= 0.6 is 0 Å². The molecule has 11 heteroatoms. The first kappa shape index (κ1) is 28.9. The minimum absolute atomic E-state index is 0.0837. The van der Waals surface area contributed by atoms with E-state index >= 15 is 0 Å². The monoisotopic (exact) mass is 526 g/mol. The first-order chi connectivity index (χ1) is 17.3. The van der Waals surface area contributed by atoms with E-state index in [0.29, 0.717) is 29.6 Å². The molecule has 0 saturated heterocycles. The largest absolute Gasteiger partial charge is 0.427 e. The van der Waals surface area contributed by atoms with Crippen LogP contribution in [0.5, 0.6) is 11.5 Å². The minimum atomic E-state index is -3.67. The molecule has 10 nitrogen and oxygen atoms in total. The van der Waals surface area contributed by atoms with Gasteiger partial charge in [0.2, 0.25) is 0 Å². The summed E-state index contributed by atoms with van der Waals surface area (Å²) in [4.78, 5) is 36.4. The van der Waals surface area contributed by atoms with Gasteiger partial charge >= 0.3 is 11.9 Å². The number of benzene rings is 3. The summed E-state index contributed by atoms with van der Waals surface area (Å²) in [5.41, 5.74) is 7.37. The van der Waals surface area contributed by atoms with Gasteiger partial charge in [0.25, 0.3) is 10.1 Å². The molecule has 0 bridgehead atoms. The molecule has 4 N–H and O–H groups in total. The number of nitrogens with two attached hydrogens (primary N) is 1. The van der Waals surface area contributed by atoms with E-state index in [1.807, 2.05) is 0 Å². The Bertz CT molecular complexity index is 1380. The third-order valence-electron chi connectivity index (χ3n) is 4.60. The van der Waals surface area contributed by atoms with Gasteiger partial charge < -0.3 is 15.2 Å². The molecule has 0 aliphatic rings. The molecule has 0 aliphatic carbocycles. The number of hydrogen-bond acceptors (Lipinski definition) is 8. The van der Waals surface area contributed by atoms with Crippen molar-refractivity contribution >= 4 is 33.7 Å². The lowest BCUT2D eigenvalue weighted by atomic mass is 10.00. The maximum Gasteiger partial charge on any atom is 0.311 e. The van der Waals surface area contributed by atoms with E-state index in [9.17, 15) is 22.8 Å². The number of carbonyl (C=O) groups excluding carboxylic acids is 3. The number of nitrogens with one attached hydrogen (secondary N) is 1. The maximum atomic E-state index is 13.0. The second kappa shape index (κ2) is 13.1. The molecular weight excluding hydrogens is 500 g/mol. The normalized spacial score (nSPS) is 10.5. The van der Waals surface area contributed by atoms with Gasteiger partial charge in [-0.05, 0) is 42.3 Å². The third-order valence-corrected chi connectivity index (χ3v) is 4.60. The average Bonchev–Trinajstić information content (AvgIpc) is 2.82. The SMILES string of the molecule is CC(=O)Oc1ccc(CCC(=O)Oc2ccc(C(=N)N)cc2C(=O)c2ccccc2)cc1.CS(=O)(=O)O. The molecule has 37 heavy (non-hydrogen) atoms. The van der Waals surface area contributed by atoms with E-state index < -0.39 is 22.1 Å². The Morgan fingerprint density at radius 3 is 2.05 bits per heavy atom. The van der Waals surface area contributed by atoms with Crippen molar-refractivity contribution in [1.29, 1.82) is 5.41 Å². The Morgan fingerprint density at radius 2 is 1.51 bits per heavy atom. The molecule has 0 unspecified atom stereocenters. The van der Waals surface area contributed by atoms with Gasteiger partial charge in [0, 0.05) is 24.5 Å². The van der Waals surface area contributed by atoms with Crippen LogP contribution in [0.15, 0.2) is 72.8 Å². The summed E-state index contributed by atoms with van der Waals surface area (Å²) in [5, 5.41) is 7.63. The second-order valence-corrected chi connectivity index (χ2v) is 9.23. The van der Waals surface area contributed by atoms with Crippen molar-refractivity contribution in [3.63, 3.8) is 0 Å². The average molecular weight is 527 g/mol. The molecule has 0 saturated carbocycles. The van der Waals surface area contributed by atoms with Gasteiger partial charge in [0.15, 0.2) is 5.78 Å². The number of ether oxygens (including phenoxy) is 2. The summed E-state index contributed by atoms with van der Waals surface area (Å²) in [5.74, 6) is -0.901. The number of ketones is 1. The number of hydrogen-bond donors (Lipinski definition) is 3. The Morgan fingerprint density at radius 1 is 0.919 bits per heavy atom.